The van der Waals surface area contributed by atoms with E-state index in [0.29, 0.717) is 6.04 Å². The largest absolute Gasteiger partial charge is 0.478 e. The minimum atomic E-state index is -0.949. The van der Waals surface area contributed by atoms with Crippen LogP contribution in [0.2, 0.25) is 0 Å². The molecular formula is C13H21N3O2. The van der Waals surface area contributed by atoms with Gasteiger partial charge in [-0.1, -0.05) is 6.92 Å². The molecule has 5 heteroatoms. The first-order valence-corrected chi connectivity index (χ1v) is 6.05. The predicted octanol–water partition coefficient (Wildman–Crippen LogP) is 2.06. The normalized spacial score (nSPS) is 12.9. The number of aryl methyl sites for hydroxylation is 2. The summed E-state index contributed by atoms with van der Waals surface area (Å²) in [5.74, 6) is -0.00486. The lowest BCUT2D eigenvalue weighted by atomic mass is 10.1. The van der Waals surface area contributed by atoms with E-state index < -0.39 is 5.97 Å². The van der Waals surface area contributed by atoms with Gasteiger partial charge in [0.2, 0.25) is 0 Å². The average molecular weight is 251 g/mol. The van der Waals surface area contributed by atoms with Crippen LogP contribution in [0.5, 0.6) is 0 Å². The molecule has 1 aromatic rings. The Morgan fingerprint density at radius 2 is 2.22 bits per heavy atom. The van der Waals surface area contributed by atoms with Gasteiger partial charge < -0.3 is 10.0 Å². The lowest BCUT2D eigenvalue weighted by Crippen LogP contribution is -2.30. The Balaban J connectivity index is 3.21. The average Bonchev–Trinajstić information content (AvgIpc) is 2.59. The van der Waals surface area contributed by atoms with E-state index in [-0.39, 0.29) is 0 Å². The lowest BCUT2D eigenvalue weighted by molar-refractivity contribution is -0.131. The van der Waals surface area contributed by atoms with Crippen molar-refractivity contribution in [2.75, 3.05) is 11.9 Å². The number of aliphatic carboxylic acids is 1. The molecule has 0 saturated carbocycles. The molecule has 0 spiro atoms. The van der Waals surface area contributed by atoms with E-state index >= 15 is 0 Å². The number of aromatic nitrogens is 2. The van der Waals surface area contributed by atoms with E-state index in [1.165, 1.54) is 0 Å². The molecule has 5 nitrogen and oxygen atoms in total. The van der Waals surface area contributed by atoms with Gasteiger partial charge in [-0.2, -0.15) is 5.10 Å². The number of hydrogen-bond donors (Lipinski definition) is 1. The third-order valence-electron chi connectivity index (χ3n) is 3.22. The van der Waals surface area contributed by atoms with E-state index in [0.717, 1.165) is 29.6 Å². The minimum absolute atomic E-state index is 0.372. The molecule has 1 unspecified atom stereocenters. The van der Waals surface area contributed by atoms with Crippen molar-refractivity contribution in [3.63, 3.8) is 0 Å². The highest BCUT2D eigenvalue weighted by Gasteiger charge is 2.18. The molecule has 0 aliphatic heterocycles. The van der Waals surface area contributed by atoms with Crippen molar-refractivity contribution in [2.45, 2.75) is 33.2 Å². The van der Waals surface area contributed by atoms with Gasteiger partial charge in [0.15, 0.2) is 0 Å². The summed E-state index contributed by atoms with van der Waals surface area (Å²) < 4.78 is 1.79. The maximum absolute atomic E-state index is 10.6. The molecular weight excluding hydrogens is 230 g/mol. The zero-order valence-corrected chi connectivity index (χ0v) is 11.6. The van der Waals surface area contributed by atoms with Crippen molar-refractivity contribution >= 4 is 17.9 Å². The summed E-state index contributed by atoms with van der Waals surface area (Å²) in [5.41, 5.74) is 1.70. The van der Waals surface area contributed by atoms with Crippen molar-refractivity contribution in [2.24, 2.45) is 7.05 Å². The van der Waals surface area contributed by atoms with Crippen LogP contribution in [0, 0.1) is 6.92 Å². The second-order valence-corrected chi connectivity index (χ2v) is 4.49. The van der Waals surface area contributed by atoms with Crippen molar-refractivity contribution in [3.8, 4) is 0 Å². The van der Waals surface area contributed by atoms with E-state index in [1.807, 2.05) is 21.0 Å². The maximum Gasteiger partial charge on any atom is 0.328 e. The van der Waals surface area contributed by atoms with Gasteiger partial charge in [0.1, 0.15) is 5.82 Å². The van der Waals surface area contributed by atoms with E-state index in [1.54, 1.807) is 10.8 Å². The molecule has 1 aromatic heterocycles. The maximum atomic E-state index is 10.6. The summed E-state index contributed by atoms with van der Waals surface area (Å²) in [6.07, 6.45) is 3.78. The van der Waals surface area contributed by atoms with Crippen LogP contribution >= 0.6 is 0 Å². The topological polar surface area (TPSA) is 58.4 Å². The van der Waals surface area contributed by atoms with E-state index in [9.17, 15) is 4.79 Å². The zero-order chi connectivity index (χ0) is 13.9. The van der Waals surface area contributed by atoms with Gasteiger partial charge in [0.25, 0.3) is 0 Å². The standard InChI is InChI=1S/C13H21N3O2/c1-6-9(2)15(4)13-11(7-8-12(17)18)10(3)14-16(13)5/h7-9H,6H2,1-5H3,(H,17,18)/b8-7+. The number of nitrogens with zero attached hydrogens (tertiary/aromatic N) is 3. The smallest absolute Gasteiger partial charge is 0.328 e. The van der Waals surface area contributed by atoms with Crippen LogP contribution in [-0.2, 0) is 11.8 Å². The highest BCUT2D eigenvalue weighted by atomic mass is 16.4. The molecule has 0 bridgehead atoms. The molecule has 1 atom stereocenters. The first-order valence-electron chi connectivity index (χ1n) is 6.05. The number of carbonyl (C=O) groups is 1. The molecule has 0 radical (unpaired) electrons. The fourth-order valence-corrected chi connectivity index (χ4v) is 1.91. The minimum Gasteiger partial charge on any atom is -0.478 e. The van der Waals surface area contributed by atoms with Crippen LogP contribution in [0.3, 0.4) is 0 Å². The zero-order valence-electron chi connectivity index (χ0n) is 11.6. The molecule has 1 N–H and O–H groups in total. The van der Waals surface area contributed by atoms with Crippen LogP contribution in [0.15, 0.2) is 6.08 Å². The Kier molecular flexibility index (Phi) is 4.53. The fraction of sp³-hybridized carbons (Fsp3) is 0.538. The summed E-state index contributed by atoms with van der Waals surface area (Å²) in [7, 11) is 3.88. The third-order valence-corrected chi connectivity index (χ3v) is 3.22. The summed E-state index contributed by atoms with van der Waals surface area (Å²) in [4.78, 5) is 12.8. The molecule has 0 fully saturated rings. The van der Waals surface area contributed by atoms with Gasteiger partial charge in [-0.15, -0.1) is 0 Å². The monoisotopic (exact) mass is 251 g/mol. The highest BCUT2D eigenvalue weighted by Crippen LogP contribution is 2.25. The summed E-state index contributed by atoms with van der Waals surface area (Å²) in [6, 6.07) is 0.372. The molecule has 0 aliphatic carbocycles. The Hall–Kier alpha value is -1.78. The quantitative estimate of drug-likeness (QED) is 0.814. The molecule has 100 valence electrons. The van der Waals surface area contributed by atoms with Crippen LogP contribution in [0.4, 0.5) is 5.82 Å². The first-order chi connectivity index (χ1) is 8.38. The van der Waals surface area contributed by atoms with E-state index in [4.69, 9.17) is 5.11 Å². The number of rotatable bonds is 5. The predicted molar refractivity (Wildman–Crippen MR) is 72.8 cm³/mol. The highest BCUT2D eigenvalue weighted by molar-refractivity contribution is 5.87. The third kappa shape index (κ3) is 2.91. The number of carboxylic acids is 1. The molecule has 0 aliphatic rings. The fourth-order valence-electron chi connectivity index (χ4n) is 1.91. The van der Waals surface area contributed by atoms with Gasteiger partial charge in [0.05, 0.1) is 5.69 Å². The molecule has 0 amide bonds. The molecule has 1 rings (SSSR count). The number of carboxylic acid groups (broad SMARTS) is 1. The van der Waals surface area contributed by atoms with Crippen LogP contribution in [0.25, 0.3) is 6.08 Å². The van der Waals surface area contributed by atoms with Gasteiger partial charge >= 0.3 is 5.97 Å². The number of hydrogen-bond acceptors (Lipinski definition) is 3. The van der Waals surface area contributed by atoms with Crippen molar-refractivity contribution in [3.05, 3.63) is 17.3 Å². The summed E-state index contributed by atoms with van der Waals surface area (Å²) in [6.45, 7) is 6.14. The Bertz CT molecular complexity index is 463. The Morgan fingerprint density at radius 3 is 2.72 bits per heavy atom. The van der Waals surface area contributed by atoms with Crippen LogP contribution in [-0.4, -0.2) is 33.9 Å². The number of anilines is 1. The molecule has 18 heavy (non-hydrogen) atoms. The molecule has 1 heterocycles. The lowest BCUT2D eigenvalue weighted by Gasteiger charge is -2.26. The van der Waals surface area contributed by atoms with Gasteiger partial charge in [-0.25, -0.2) is 4.79 Å². The Morgan fingerprint density at radius 1 is 1.61 bits per heavy atom. The summed E-state index contributed by atoms with van der Waals surface area (Å²) in [5, 5.41) is 13.1. The Labute approximate surface area is 108 Å². The van der Waals surface area contributed by atoms with E-state index in [2.05, 4.69) is 23.8 Å². The molecule has 0 aromatic carbocycles. The van der Waals surface area contributed by atoms with Crippen molar-refractivity contribution in [1.82, 2.24) is 9.78 Å². The van der Waals surface area contributed by atoms with Crippen LogP contribution < -0.4 is 4.90 Å². The van der Waals surface area contributed by atoms with Crippen molar-refractivity contribution < 1.29 is 9.90 Å². The summed E-state index contributed by atoms with van der Waals surface area (Å²) >= 11 is 0. The van der Waals surface area contributed by atoms with Crippen molar-refractivity contribution in [1.29, 1.82) is 0 Å². The SMILES string of the molecule is CCC(C)N(C)c1c(/C=C/C(=O)O)c(C)nn1C. The van der Waals surface area contributed by atoms with Gasteiger partial charge in [-0.05, 0) is 26.3 Å². The van der Waals surface area contributed by atoms with Gasteiger partial charge in [-0.3, -0.25) is 4.68 Å². The van der Waals surface area contributed by atoms with Crippen LogP contribution in [0.1, 0.15) is 31.5 Å². The second kappa shape index (κ2) is 5.71. The molecule has 0 saturated heterocycles. The van der Waals surface area contributed by atoms with Gasteiger partial charge in [0, 0.05) is 31.8 Å². The first kappa shape index (κ1) is 14.3. The second-order valence-electron chi connectivity index (χ2n) is 4.49.